The van der Waals surface area contributed by atoms with Crippen LogP contribution in [0.5, 0.6) is 6.01 Å². The van der Waals surface area contributed by atoms with Gasteiger partial charge in [-0.05, 0) is 32.2 Å². The van der Waals surface area contributed by atoms with Crippen LogP contribution in [0.3, 0.4) is 0 Å². The third kappa shape index (κ3) is 5.13. The number of hydrogen-bond acceptors (Lipinski definition) is 8. The standard InChI is InChI=1S/C30H34ClF3N8O2/c1-18(32)28(43)40-10-8-39(9-11-40)26-20-4-2-6-41(16-22-21-14-35-38-24(21)12-23(34)25(22)31)27(20)37-29(36-26)44-17-30-5-3-7-42(30)15-19(33)13-30/h12,14,19H,1-11,13,15-17H2,(H,35,38)/t19-,30?/m1/s1. The summed E-state index contributed by atoms with van der Waals surface area (Å²) in [5.41, 5.74) is 1.70. The van der Waals surface area contributed by atoms with Gasteiger partial charge in [0.2, 0.25) is 0 Å². The van der Waals surface area contributed by atoms with Crippen LogP contribution in [0.4, 0.5) is 24.8 Å². The smallest absolute Gasteiger partial charge is 0.320 e. The second-order valence-corrected chi connectivity index (χ2v) is 12.6. The van der Waals surface area contributed by atoms with E-state index >= 15 is 0 Å². The zero-order chi connectivity index (χ0) is 30.6. The average Bonchev–Trinajstić information content (AvgIpc) is 3.72. The molecule has 3 aromatic rings. The van der Waals surface area contributed by atoms with Crippen LogP contribution in [0.1, 0.15) is 36.8 Å². The molecule has 6 heterocycles. The summed E-state index contributed by atoms with van der Waals surface area (Å²) >= 11 is 6.50. The number of amides is 1. The minimum absolute atomic E-state index is 0.0365. The molecular formula is C30H34ClF3N8O2. The fourth-order valence-corrected chi connectivity index (χ4v) is 7.56. The highest BCUT2D eigenvalue weighted by Gasteiger charge is 2.49. The number of rotatable bonds is 7. The maximum atomic E-state index is 14.8. The SMILES string of the molecule is C=C(F)C(=O)N1CCN(c2nc(OCC34CCCN3C[C@H](F)C4)nc3c2CCCN3Cc2c(Cl)c(F)cc3[nH]ncc23)CC1. The zero-order valence-corrected chi connectivity index (χ0v) is 25.1. The maximum absolute atomic E-state index is 14.8. The lowest BCUT2D eigenvalue weighted by Crippen LogP contribution is -2.49. The van der Waals surface area contributed by atoms with Crippen molar-refractivity contribution in [2.75, 3.05) is 62.2 Å². The first kappa shape index (κ1) is 29.1. The molecular weight excluding hydrogens is 597 g/mol. The number of halogens is 4. The first-order valence-electron chi connectivity index (χ1n) is 15.1. The van der Waals surface area contributed by atoms with Crippen LogP contribution in [0.25, 0.3) is 10.9 Å². The van der Waals surface area contributed by atoms with Gasteiger partial charge in [0.1, 0.15) is 30.2 Å². The second kappa shape index (κ2) is 11.4. The molecule has 3 saturated heterocycles. The number of nitrogens with zero attached hydrogens (tertiary/aromatic N) is 7. The van der Waals surface area contributed by atoms with Crippen molar-refractivity contribution in [3.63, 3.8) is 0 Å². The van der Waals surface area contributed by atoms with E-state index in [1.165, 1.54) is 11.0 Å². The van der Waals surface area contributed by atoms with Crippen LogP contribution < -0.4 is 14.5 Å². The Morgan fingerprint density at radius 3 is 2.75 bits per heavy atom. The van der Waals surface area contributed by atoms with E-state index in [9.17, 15) is 18.0 Å². The Balaban J connectivity index is 1.23. The van der Waals surface area contributed by atoms with Crippen molar-refractivity contribution in [1.82, 2.24) is 30.0 Å². The summed E-state index contributed by atoms with van der Waals surface area (Å²) < 4.78 is 49.1. The summed E-state index contributed by atoms with van der Waals surface area (Å²) in [6.07, 6.45) is 4.54. The molecule has 1 aromatic carbocycles. The number of aromatic nitrogens is 4. The van der Waals surface area contributed by atoms with E-state index < -0.39 is 23.7 Å². The van der Waals surface area contributed by atoms with E-state index in [0.717, 1.165) is 36.8 Å². The number of fused-ring (bicyclic) bond motifs is 3. The molecule has 4 aliphatic rings. The quantitative estimate of drug-likeness (QED) is 0.389. The van der Waals surface area contributed by atoms with Crippen molar-refractivity contribution in [3.05, 3.63) is 46.6 Å². The number of anilines is 2. The van der Waals surface area contributed by atoms with Crippen molar-refractivity contribution in [1.29, 1.82) is 0 Å². The largest absolute Gasteiger partial charge is 0.461 e. The van der Waals surface area contributed by atoms with Gasteiger partial charge in [-0.25, -0.2) is 13.2 Å². The van der Waals surface area contributed by atoms with Crippen molar-refractivity contribution in [2.24, 2.45) is 0 Å². The van der Waals surface area contributed by atoms with Gasteiger partial charge in [0, 0.05) is 74.8 Å². The summed E-state index contributed by atoms with van der Waals surface area (Å²) in [5, 5.41) is 7.67. The Labute approximate surface area is 257 Å². The minimum Gasteiger partial charge on any atom is -0.461 e. The number of carbonyl (C=O) groups is 1. The van der Waals surface area contributed by atoms with Gasteiger partial charge in [-0.2, -0.15) is 15.1 Å². The molecule has 14 heteroatoms. The molecule has 234 valence electrons. The highest BCUT2D eigenvalue weighted by atomic mass is 35.5. The first-order valence-corrected chi connectivity index (χ1v) is 15.5. The number of carbonyl (C=O) groups excluding carboxylic acids is 1. The number of hydrogen-bond donors (Lipinski definition) is 1. The van der Waals surface area contributed by atoms with Gasteiger partial charge in [0.15, 0.2) is 5.83 Å². The Morgan fingerprint density at radius 2 is 1.95 bits per heavy atom. The zero-order valence-electron chi connectivity index (χ0n) is 24.3. The van der Waals surface area contributed by atoms with Gasteiger partial charge in [0.25, 0.3) is 5.91 Å². The normalized spacial score (nSPS) is 23.7. The molecule has 1 N–H and O–H groups in total. The topological polar surface area (TPSA) is 93.7 Å². The molecule has 10 nitrogen and oxygen atoms in total. The highest BCUT2D eigenvalue weighted by molar-refractivity contribution is 6.32. The van der Waals surface area contributed by atoms with Crippen molar-refractivity contribution >= 4 is 40.0 Å². The molecule has 1 amide bonds. The van der Waals surface area contributed by atoms with Crippen LogP contribution in [0.15, 0.2) is 24.7 Å². The van der Waals surface area contributed by atoms with Crippen LogP contribution in [-0.2, 0) is 17.8 Å². The summed E-state index contributed by atoms with van der Waals surface area (Å²) in [5.74, 6) is -0.857. The lowest BCUT2D eigenvalue weighted by atomic mass is 9.95. The number of H-pyrrole nitrogens is 1. The molecule has 44 heavy (non-hydrogen) atoms. The molecule has 0 bridgehead atoms. The predicted octanol–water partition coefficient (Wildman–Crippen LogP) is 4.19. The molecule has 7 rings (SSSR count). The predicted molar refractivity (Wildman–Crippen MR) is 160 cm³/mol. The Kier molecular flexibility index (Phi) is 7.56. The molecule has 3 fully saturated rings. The fraction of sp³-hybridized carbons (Fsp3) is 0.533. The molecule has 0 saturated carbocycles. The molecule has 0 spiro atoms. The lowest BCUT2D eigenvalue weighted by Gasteiger charge is -2.38. The second-order valence-electron chi connectivity index (χ2n) is 12.2. The number of aromatic amines is 1. The molecule has 0 aliphatic carbocycles. The Bertz CT molecular complexity index is 1610. The molecule has 2 atom stereocenters. The third-order valence-corrected chi connectivity index (χ3v) is 9.92. The van der Waals surface area contributed by atoms with Crippen molar-refractivity contribution < 1.29 is 22.7 Å². The summed E-state index contributed by atoms with van der Waals surface area (Å²) in [6.45, 7) is 7.13. The number of alkyl halides is 1. The van der Waals surface area contributed by atoms with E-state index in [2.05, 4.69) is 31.5 Å². The van der Waals surface area contributed by atoms with E-state index in [0.29, 0.717) is 74.8 Å². The molecule has 2 aromatic heterocycles. The third-order valence-electron chi connectivity index (χ3n) is 9.52. The van der Waals surface area contributed by atoms with E-state index in [1.807, 2.05) is 0 Å². The van der Waals surface area contributed by atoms with Crippen LogP contribution >= 0.6 is 11.6 Å². The van der Waals surface area contributed by atoms with Crippen LogP contribution in [0, 0.1) is 5.82 Å². The lowest BCUT2D eigenvalue weighted by molar-refractivity contribution is -0.128. The first-order chi connectivity index (χ1) is 21.2. The fourth-order valence-electron chi connectivity index (χ4n) is 7.34. The van der Waals surface area contributed by atoms with Gasteiger partial charge < -0.3 is 19.4 Å². The van der Waals surface area contributed by atoms with Crippen LogP contribution in [-0.4, -0.2) is 100 Å². The number of nitrogens with one attached hydrogen (secondary N) is 1. The Morgan fingerprint density at radius 1 is 1.16 bits per heavy atom. The molecule has 0 radical (unpaired) electrons. The molecule has 4 aliphatic heterocycles. The van der Waals surface area contributed by atoms with Gasteiger partial charge in [-0.1, -0.05) is 18.2 Å². The summed E-state index contributed by atoms with van der Waals surface area (Å²) in [4.78, 5) is 29.7. The number of benzene rings is 1. The van der Waals surface area contributed by atoms with E-state index in [1.54, 1.807) is 6.20 Å². The average molecular weight is 631 g/mol. The number of piperazine rings is 1. The summed E-state index contributed by atoms with van der Waals surface area (Å²) in [7, 11) is 0. The monoisotopic (exact) mass is 630 g/mol. The van der Waals surface area contributed by atoms with Crippen LogP contribution in [0.2, 0.25) is 5.02 Å². The molecule has 1 unspecified atom stereocenters. The maximum Gasteiger partial charge on any atom is 0.320 e. The van der Waals surface area contributed by atoms with Gasteiger partial charge >= 0.3 is 6.01 Å². The number of ether oxygens (including phenoxy) is 1. The van der Waals surface area contributed by atoms with E-state index in [4.69, 9.17) is 26.3 Å². The highest BCUT2D eigenvalue weighted by Crippen LogP contribution is 2.41. The minimum atomic E-state index is -0.977. The van der Waals surface area contributed by atoms with Crippen molar-refractivity contribution in [3.8, 4) is 6.01 Å². The van der Waals surface area contributed by atoms with Gasteiger partial charge in [-0.3, -0.25) is 14.8 Å². The van der Waals surface area contributed by atoms with Gasteiger partial charge in [0.05, 0.1) is 22.3 Å². The van der Waals surface area contributed by atoms with Crippen molar-refractivity contribution in [2.45, 2.75) is 50.4 Å². The van der Waals surface area contributed by atoms with Gasteiger partial charge in [-0.15, -0.1) is 0 Å². The van der Waals surface area contributed by atoms with E-state index in [-0.39, 0.29) is 29.7 Å². The summed E-state index contributed by atoms with van der Waals surface area (Å²) in [6, 6.07) is 1.52. The Hall–Kier alpha value is -3.58.